The lowest BCUT2D eigenvalue weighted by Gasteiger charge is -2.35. The molecular formula is C18H27ClN2O2. The highest BCUT2D eigenvalue weighted by Gasteiger charge is 2.36. The number of halogens is 1. The quantitative estimate of drug-likeness (QED) is 0.896. The van der Waals surface area contributed by atoms with Crippen molar-refractivity contribution in [3.8, 4) is 5.75 Å². The van der Waals surface area contributed by atoms with Crippen LogP contribution in [0.5, 0.6) is 5.75 Å². The first-order valence-corrected chi connectivity index (χ1v) is 8.43. The number of rotatable bonds is 5. The Hall–Kier alpha value is -1.26. The van der Waals surface area contributed by atoms with Gasteiger partial charge in [0.1, 0.15) is 5.75 Å². The molecule has 2 bridgehead atoms. The summed E-state index contributed by atoms with van der Waals surface area (Å²) in [7, 11) is 1.94. The summed E-state index contributed by atoms with van der Waals surface area (Å²) in [4.78, 5) is 14.7. The first-order valence-electron chi connectivity index (χ1n) is 8.43. The lowest BCUT2D eigenvalue weighted by Crippen LogP contribution is -2.48. The number of hydrogen-bond acceptors (Lipinski definition) is 3. The first-order chi connectivity index (χ1) is 10.7. The Kier molecular flexibility index (Phi) is 6.31. The Morgan fingerprint density at radius 3 is 2.65 bits per heavy atom. The number of nitrogens with one attached hydrogen (secondary N) is 1. The Morgan fingerprint density at radius 2 is 2.00 bits per heavy atom. The van der Waals surface area contributed by atoms with E-state index in [0.29, 0.717) is 24.7 Å². The molecule has 1 aromatic carbocycles. The number of nitrogens with zero attached hydrogens (tertiary/aromatic N) is 1. The third-order valence-electron chi connectivity index (χ3n) is 4.87. The summed E-state index contributed by atoms with van der Waals surface area (Å²) in [6.45, 7) is 2.76. The van der Waals surface area contributed by atoms with E-state index in [4.69, 9.17) is 4.74 Å². The van der Waals surface area contributed by atoms with E-state index in [1.54, 1.807) is 0 Å². The summed E-state index contributed by atoms with van der Waals surface area (Å²) in [5, 5.41) is 3.63. The topological polar surface area (TPSA) is 41.6 Å². The van der Waals surface area contributed by atoms with Gasteiger partial charge in [0.2, 0.25) is 0 Å². The van der Waals surface area contributed by atoms with Crippen LogP contribution in [0.2, 0.25) is 0 Å². The number of piperidine rings is 1. The highest BCUT2D eigenvalue weighted by molar-refractivity contribution is 5.94. The predicted octanol–water partition coefficient (Wildman–Crippen LogP) is 3.25. The van der Waals surface area contributed by atoms with E-state index in [0.717, 1.165) is 30.6 Å². The Bertz CT molecular complexity index is 526. The fourth-order valence-corrected chi connectivity index (χ4v) is 3.65. The zero-order chi connectivity index (χ0) is 15.5. The summed E-state index contributed by atoms with van der Waals surface area (Å²) in [5.41, 5.74) is 0.724. The van der Waals surface area contributed by atoms with Gasteiger partial charge in [-0.05, 0) is 50.3 Å². The van der Waals surface area contributed by atoms with Crippen LogP contribution < -0.4 is 10.1 Å². The molecule has 2 atom stereocenters. The highest BCUT2D eigenvalue weighted by Crippen LogP contribution is 2.30. The van der Waals surface area contributed by atoms with Crippen molar-refractivity contribution in [3.63, 3.8) is 0 Å². The van der Waals surface area contributed by atoms with Crippen LogP contribution in [0.15, 0.2) is 24.3 Å². The van der Waals surface area contributed by atoms with E-state index >= 15 is 0 Å². The number of ether oxygens (including phenoxy) is 1. The number of carbonyl (C=O) groups is 1. The Labute approximate surface area is 145 Å². The fourth-order valence-electron chi connectivity index (χ4n) is 3.65. The van der Waals surface area contributed by atoms with Gasteiger partial charge in [-0.25, -0.2) is 0 Å². The van der Waals surface area contributed by atoms with E-state index in [9.17, 15) is 4.79 Å². The SMILES string of the molecule is CCCOc1cccc(C(=O)N(C)C2CC3CCC(C2)N3)c1.Cl. The minimum Gasteiger partial charge on any atom is -0.494 e. The number of fused-ring (bicyclic) bond motifs is 2. The van der Waals surface area contributed by atoms with Gasteiger partial charge in [0.25, 0.3) is 5.91 Å². The van der Waals surface area contributed by atoms with Gasteiger partial charge in [0.15, 0.2) is 0 Å². The third kappa shape index (κ3) is 4.18. The van der Waals surface area contributed by atoms with Gasteiger partial charge in [-0.2, -0.15) is 0 Å². The normalized spacial score (nSPS) is 25.6. The van der Waals surface area contributed by atoms with Crippen LogP contribution in [0.3, 0.4) is 0 Å². The molecule has 0 spiro atoms. The van der Waals surface area contributed by atoms with Crippen molar-refractivity contribution in [1.29, 1.82) is 0 Å². The molecule has 0 saturated carbocycles. The Balaban J connectivity index is 0.00000192. The summed E-state index contributed by atoms with van der Waals surface area (Å²) in [6, 6.07) is 9.11. The van der Waals surface area contributed by atoms with Crippen LogP contribution in [-0.4, -0.2) is 42.6 Å². The second kappa shape index (κ2) is 8.02. The van der Waals surface area contributed by atoms with Crippen molar-refractivity contribution >= 4 is 18.3 Å². The lowest BCUT2D eigenvalue weighted by atomic mass is 9.98. The van der Waals surface area contributed by atoms with E-state index in [1.807, 2.05) is 36.2 Å². The van der Waals surface area contributed by atoms with Gasteiger partial charge in [-0.3, -0.25) is 4.79 Å². The van der Waals surface area contributed by atoms with E-state index < -0.39 is 0 Å². The standard InChI is InChI=1S/C18H26N2O2.ClH/c1-3-9-22-17-6-4-5-13(10-17)18(21)20(2)16-11-14-7-8-15(12-16)19-14;/h4-6,10,14-16,19H,3,7-9,11-12H2,1-2H3;1H. The predicted molar refractivity (Wildman–Crippen MR) is 94.5 cm³/mol. The molecule has 3 rings (SSSR count). The van der Waals surface area contributed by atoms with Gasteiger partial charge in [0, 0.05) is 30.7 Å². The molecule has 5 heteroatoms. The molecule has 128 valence electrons. The second-order valence-corrected chi connectivity index (χ2v) is 6.56. The fraction of sp³-hybridized carbons (Fsp3) is 0.611. The van der Waals surface area contributed by atoms with Gasteiger partial charge in [0.05, 0.1) is 6.61 Å². The molecule has 1 N–H and O–H groups in total. The molecule has 2 heterocycles. The zero-order valence-electron chi connectivity index (χ0n) is 14.0. The van der Waals surface area contributed by atoms with Gasteiger partial charge < -0.3 is 15.0 Å². The summed E-state index contributed by atoms with van der Waals surface area (Å²) in [5.74, 6) is 0.889. The summed E-state index contributed by atoms with van der Waals surface area (Å²) in [6.07, 6.45) is 5.62. The molecule has 1 aromatic rings. The van der Waals surface area contributed by atoms with Crippen molar-refractivity contribution in [1.82, 2.24) is 10.2 Å². The van der Waals surface area contributed by atoms with Gasteiger partial charge >= 0.3 is 0 Å². The second-order valence-electron chi connectivity index (χ2n) is 6.56. The van der Waals surface area contributed by atoms with Crippen LogP contribution in [0.25, 0.3) is 0 Å². The molecule has 0 aliphatic carbocycles. The number of amides is 1. The van der Waals surface area contributed by atoms with Crippen molar-refractivity contribution < 1.29 is 9.53 Å². The minimum absolute atomic E-state index is 0. The summed E-state index contributed by atoms with van der Waals surface area (Å²) >= 11 is 0. The van der Waals surface area contributed by atoms with Gasteiger partial charge in [-0.1, -0.05) is 13.0 Å². The maximum atomic E-state index is 12.8. The highest BCUT2D eigenvalue weighted by atomic mass is 35.5. The molecule has 23 heavy (non-hydrogen) atoms. The molecule has 2 aliphatic rings. The minimum atomic E-state index is 0. The largest absolute Gasteiger partial charge is 0.494 e. The van der Waals surface area contributed by atoms with Crippen LogP contribution in [0.1, 0.15) is 49.4 Å². The monoisotopic (exact) mass is 338 g/mol. The third-order valence-corrected chi connectivity index (χ3v) is 4.87. The van der Waals surface area contributed by atoms with Gasteiger partial charge in [-0.15, -0.1) is 12.4 Å². The van der Waals surface area contributed by atoms with E-state index in [2.05, 4.69) is 12.2 Å². The molecular weight excluding hydrogens is 312 g/mol. The van der Waals surface area contributed by atoms with E-state index in [-0.39, 0.29) is 18.3 Å². The van der Waals surface area contributed by atoms with E-state index in [1.165, 1.54) is 12.8 Å². The zero-order valence-corrected chi connectivity index (χ0v) is 14.8. The molecule has 4 nitrogen and oxygen atoms in total. The van der Waals surface area contributed by atoms with Crippen LogP contribution in [0, 0.1) is 0 Å². The number of carbonyl (C=O) groups excluding carboxylic acids is 1. The van der Waals surface area contributed by atoms with Crippen LogP contribution >= 0.6 is 12.4 Å². The average molecular weight is 339 g/mol. The maximum Gasteiger partial charge on any atom is 0.253 e. The lowest BCUT2D eigenvalue weighted by molar-refractivity contribution is 0.0681. The molecule has 1 amide bonds. The smallest absolute Gasteiger partial charge is 0.253 e. The average Bonchev–Trinajstić information content (AvgIpc) is 2.89. The van der Waals surface area contributed by atoms with Crippen molar-refractivity contribution in [2.45, 2.75) is 57.2 Å². The number of benzene rings is 1. The molecule has 2 saturated heterocycles. The number of hydrogen-bond donors (Lipinski definition) is 1. The maximum absolute atomic E-state index is 12.8. The molecule has 2 fully saturated rings. The molecule has 0 radical (unpaired) electrons. The molecule has 2 unspecified atom stereocenters. The van der Waals surface area contributed by atoms with Crippen molar-refractivity contribution in [2.75, 3.05) is 13.7 Å². The molecule has 0 aromatic heterocycles. The van der Waals surface area contributed by atoms with Crippen LogP contribution in [-0.2, 0) is 0 Å². The Morgan fingerprint density at radius 1 is 1.30 bits per heavy atom. The first kappa shape index (κ1) is 18.1. The van der Waals surface area contributed by atoms with Crippen molar-refractivity contribution in [2.24, 2.45) is 0 Å². The van der Waals surface area contributed by atoms with Crippen LogP contribution in [0.4, 0.5) is 0 Å². The molecule has 2 aliphatic heterocycles. The summed E-state index contributed by atoms with van der Waals surface area (Å²) < 4.78 is 5.63. The van der Waals surface area contributed by atoms with Crippen molar-refractivity contribution in [3.05, 3.63) is 29.8 Å².